The molecule has 0 aliphatic heterocycles. The van der Waals surface area contributed by atoms with Crippen molar-refractivity contribution in [2.24, 2.45) is 0 Å². The second-order valence-corrected chi connectivity index (χ2v) is 7.24. The first-order valence-corrected chi connectivity index (χ1v) is 8.49. The molecule has 0 fully saturated rings. The van der Waals surface area contributed by atoms with Crippen molar-refractivity contribution in [3.8, 4) is 0 Å². The SMILES string of the molecule is CCC(CC)N(C)S(=O)(=O)c1cc(Cl)cc(CO)c1C. The molecule has 20 heavy (non-hydrogen) atoms. The van der Waals surface area contributed by atoms with Gasteiger partial charge in [-0.3, -0.25) is 0 Å². The summed E-state index contributed by atoms with van der Waals surface area (Å²) in [6.45, 7) is 5.38. The fourth-order valence-corrected chi connectivity index (χ4v) is 4.39. The van der Waals surface area contributed by atoms with Crippen LogP contribution in [0.1, 0.15) is 37.8 Å². The molecule has 0 saturated carbocycles. The molecule has 1 aromatic carbocycles. The van der Waals surface area contributed by atoms with Gasteiger partial charge in [0, 0.05) is 18.1 Å². The Morgan fingerprint density at radius 1 is 1.30 bits per heavy atom. The lowest BCUT2D eigenvalue weighted by Crippen LogP contribution is -2.36. The molecule has 4 nitrogen and oxygen atoms in total. The second-order valence-electron chi connectivity index (χ2n) is 4.84. The second kappa shape index (κ2) is 6.89. The summed E-state index contributed by atoms with van der Waals surface area (Å²) in [6, 6.07) is 2.99. The van der Waals surface area contributed by atoms with Crippen molar-refractivity contribution < 1.29 is 13.5 Å². The zero-order valence-electron chi connectivity index (χ0n) is 12.4. The van der Waals surface area contributed by atoms with Crippen molar-refractivity contribution >= 4 is 21.6 Å². The number of rotatable bonds is 6. The Hall–Kier alpha value is -0.620. The Balaban J connectivity index is 3.39. The molecule has 0 unspecified atom stereocenters. The first-order valence-electron chi connectivity index (χ1n) is 6.67. The van der Waals surface area contributed by atoms with Gasteiger partial charge in [0.15, 0.2) is 0 Å². The molecule has 0 aromatic heterocycles. The van der Waals surface area contributed by atoms with Crippen molar-refractivity contribution in [3.63, 3.8) is 0 Å². The number of benzene rings is 1. The molecule has 6 heteroatoms. The normalized spacial score (nSPS) is 12.4. The molecule has 0 saturated heterocycles. The van der Waals surface area contributed by atoms with Gasteiger partial charge in [0.2, 0.25) is 10.0 Å². The number of nitrogens with zero attached hydrogens (tertiary/aromatic N) is 1. The molecule has 0 amide bonds. The van der Waals surface area contributed by atoms with E-state index in [-0.39, 0.29) is 17.5 Å². The van der Waals surface area contributed by atoms with Gasteiger partial charge in [-0.2, -0.15) is 4.31 Å². The topological polar surface area (TPSA) is 57.6 Å². The van der Waals surface area contributed by atoms with E-state index in [0.717, 1.165) is 12.8 Å². The van der Waals surface area contributed by atoms with E-state index in [1.165, 1.54) is 10.4 Å². The maximum Gasteiger partial charge on any atom is 0.243 e. The molecule has 0 radical (unpaired) electrons. The molecule has 1 rings (SSSR count). The fourth-order valence-electron chi connectivity index (χ4n) is 2.29. The molecule has 114 valence electrons. The van der Waals surface area contributed by atoms with E-state index in [0.29, 0.717) is 16.1 Å². The Kier molecular flexibility index (Phi) is 6.01. The van der Waals surface area contributed by atoms with E-state index < -0.39 is 10.0 Å². The smallest absolute Gasteiger partial charge is 0.243 e. The Bertz CT molecular complexity index is 568. The Morgan fingerprint density at radius 3 is 2.30 bits per heavy atom. The van der Waals surface area contributed by atoms with Crippen LogP contribution in [0.4, 0.5) is 0 Å². The van der Waals surface area contributed by atoms with Gasteiger partial charge in [-0.05, 0) is 43.0 Å². The van der Waals surface area contributed by atoms with E-state index in [2.05, 4.69) is 0 Å². The van der Waals surface area contributed by atoms with Crippen LogP contribution < -0.4 is 0 Å². The minimum atomic E-state index is -3.61. The van der Waals surface area contributed by atoms with Crippen LogP contribution in [0, 0.1) is 6.92 Å². The lowest BCUT2D eigenvalue weighted by atomic mass is 10.1. The lowest BCUT2D eigenvalue weighted by molar-refractivity contribution is 0.280. The highest BCUT2D eigenvalue weighted by Crippen LogP contribution is 2.28. The lowest BCUT2D eigenvalue weighted by Gasteiger charge is -2.26. The number of sulfonamides is 1. The highest BCUT2D eigenvalue weighted by atomic mass is 35.5. The average Bonchev–Trinajstić information content (AvgIpc) is 2.41. The summed E-state index contributed by atoms with van der Waals surface area (Å²) < 4.78 is 26.8. The van der Waals surface area contributed by atoms with E-state index in [9.17, 15) is 13.5 Å². The zero-order chi connectivity index (χ0) is 15.5. The van der Waals surface area contributed by atoms with Crippen molar-refractivity contribution in [2.75, 3.05) is 7.05 Å². The monoisotopic (exact) mass is 319 g/mol. The molecule has 0 atom stereocenters. The first kappa shape index (κ1) is 17.4. The molecule has 1 N–H and O–H groups in total. The largest absolute Gasteiger partial charge is 0.392 e. The summed E-state index contributed by atoms with van der Waals surface area (Å²) in [5, 5.41) is 9.62. The third-order valence-corrected chi connectivity index (χ3v) is 5.97. The number of aliphatic hydroxyl groups is 1. The van der Waals surface area contributed by atoms with Crippen LogP contribution in [0.15, 0.2) is 17.0 Å². The summed E-state index contributed by atoms with van der Waals surface area (Å²) >= 11 is 5.96. The van der Waals surface area contributed by atoms with Crippen LogP contribution in [0.5, 0.6) is 0 Å². The zero-order valence-corrected chi connectivity index (χ0v) is 13.9. The van der Waals surface area contributed by atoms with Crippen molar-refractivity contribution in [3.05, 3.63) is 28.3 Å². The fraction of sp³-hybridized carbons (Fsp3) is 0.571. The van der Waals surface area contributed by atoms with Gasteiger partial charge in [0.05, 0.1) is 11.5 Å². The third kappa shape index (κ3) is 3.34. The minimum Gasteiger partial charge on any atom is -0.392 e. The van der Waals surface area contributed by atoms with Gasteiger partial charge in [-0.15, -0.1) is 0 Å². The van der Waals surface area contributed by atoms with Crippen LogP contribution in [0.3, 0.4) is 0 Å². The molecule has 0 aliphatic rings. The van der Waals surface area contributed by atoms with Crippen molar-refractivity contribution in [2.45, 2.75) is 51.2 Å². The number of aliphatic hydroxyl groups excluding tert-OH is 1. The molecule has 0 heterocycles. The van der Waals surface area contributed by atoms with Crippen LogP contribution >= 0.6 is 11.6 Å². The number of hydrogen-bond acceptors (Lipinski definition) is 3. The predicted molar refractivity (Wildman–Crippen MR) is 81.4 cm³/mol. The summed E-state index contributed by atoms with van der Waals surface area (Å²) in [5.41, 5.74) is 1.09. The summed E-state index contributed by atoms with van der Waals surface area (Å²) in [4.78, 5) is 0.170. The number of halogens is 1. The molecule has 1 aromatic rings. The van der Waals surface area contributed by atoms with Gasteiger partial charge in [-0.25, -0.2) is 8.42 Å². The Labute approximate surface area is 126 Å². The van der Waals surface area contributed by atoms with Gasteiger partial charge in [0.25, 0.3) is 0 Å². The maximum absolute atomic E-state index is 12.7. The first-order chi connectivity index (χ1) is 9.29. The van der Waals surface area contributed by atoms with Crippen molar-refractivity contribution in [1.29, 1.82) is 0 Å². The number of hydrogen-bond donors (Lipinski definition) is 1. The van der Waals surface area contributed by atoms with Crippen LogP contribution in [0.2, 0.25) is 5.02 Å². The summed E-state index contributed by atoms with van der Waals surface area (Å²) in [6.07, 6.45) is 1.50. The third-order valence-electron chi connectivity index (χ3n) is 3.72. The van der Waals surface area contributed by atoms with Gasteiger partial charge >= 0.3 is 0 Å². The van der Waals surface area contributed by atoms with E-state index in [1.54, 1.807) is 20.0 Å². The standard InChI is InChI=1S/C14H22ClNO3S/c1-5-13(6-2)16(4)20(18,19)14-8-12(15)7-11(9-17)10(14)3/h7-8,13,17H,5-6,9H2,1-4H3. The molecule has 0 bridgehead atoms. The summed E-state index contributed by atoms with van der Waals surface area (Å²) in [7, 11) is -2.02. The van der Waals surface area contributed by atoms with E-state index in [4.69, 9.17) is 11.6 Å². The van der Waals surface area contributed by atoms with Gasteiger partial charge < -0.3 is 5.11 Å². The quantitative estimate of drug-likeness (QED) is 0.877. The van der Waals surface area contributed by atoms with Gasteiger partial charge in [-0.1, -0.05) is 25.4 Å². The molecule has 0 spiro atoms. The minimum absolute atomic E-state index is 0.0454. The summed E-state index contributed by atoms with van der Waals surface area (Å²) in [5.74, 6) is 0. The van der Waals surface area contributed by atoms with E-state index >= 15 is 0 Å². The average molecular weight is 320 g/mol. The molecule has 0 aliphatic carbocycles. The predicted octanol–water partition coefficient (Wildman–Crippen LogP) is 2.95. The van der Waals surface area contributed by atoms with Gasteiger partial charge in [0.1, 0.15) is 0 Å². The Morgan fingerprint density at radius 2 is 1.85 bits per heavy atom. The van der Waals surface area contributed by atoms with Crippen LogP contribution in [0.25, 0.3) is 0 Å². The van der Waals surface area contributed by atoms with Crippen molar-refractivity contribution in [1.82, 2.24) is 4.31 Å². The molecular formula is C14H22ClNO3S. The highest BCUT2D eigenvalue weighted by molar-refractivity contribution is 7.89. The molecular weight excluding hydrogens is 298 g/mol. The van der Waals surface area contributed by atoms with Crippen LogP contribution in [-0.2, 0) is 16.6 Å². The van der Waals surface area contributed by atoms with E-state index in [1.807, 2.05) is 13.8 Å². The highest BCUT2D eigenvalue weighted by Gasteiger charge is 2.28. The maximum atomic E-state index is 12.7. The van der Waals surface area contributed by atoms with Crippen LogP contribution in [-0.4, -0.2) is 30.9 Å².